The largest absolute Gasteiger partial charge is 0.348 e. The zero-order valence-electron chi connectivity index (χ0n) is 8.33. The fraction of sp³-hybridized carbons (Fsp3) is 0.273. The zero-order valence-corrected chi connectivity index (χ0v) is 8.33. The maximum absolute atomic E-state index is 12.6. The van der Waals surface area contributed by atoms with Gasteiger partial charge in [0.05, 0.1) is 18.5 Å². The maximum Gasteiger partial charge on any atom is 0.217 e. The molecule has 3 nitrogen and oxygen atoms in total. The Morgan fingerprint density at radius 3 is 2.60 bits per heavy atom. The van der Waals surface area contributed by atoms with Gasteiger partial charge in [-0.3, -0.25) is 4.79 Å². The summed E-state index contributed by atoms with van der Waals surface area (Å²) in [5, 5.41) is 11.2. The zero-order chi connectivity index (χ0) is 11.3. The van der Waals surface area contributed by atoms with E-state index in [0.717, 1.165) is 5.56 Å². The lowest BCUT2D eigenvalue weighted by Crippen LogP contribution is -2.25. The van der Waals surface area contributed by atoms with E-state index in [4.69, 9.17) is 5.26 Å². The van der Waals surface area contributed by atoms with Crippen molar-refractivity contribution in [3.63, 3.8) is 0 Å². The molecule has 1 N–H and O–H groups in total. The fourth-order valence-electron chi connectivity index (χ4n) is 1.28. The van der Waals surface area contributed by atoms with Gasteiger partial charge in [0.25, 0.3) is 0 Å². The summed E-state index contributed by atoms with van der Waals surface area (Å²) in [6, 6.07) is 7.35. The highest BCUT2D eigenvalue weighted by Gasteiger charge is 2.11. The predicted molar refractivity (Wildman–Crippen MR) is 53.2 cm³/mol. The van der Waals surface area contributed by atoms with Crippen molar-refractivity contribution in [2.24, 2.45) is 0 Å². The Morgan fingerprint density at radius 1 is 1.53 bits per heavy atom. The highest BCUT2D eigenvalue weighted by molar-refractivity contribution is 5.73. The normalized spacial score (nSPS) is 11.5. The van der Waals surface area contributed by atoms with Crippen LogP contribution in [0.1, 0.15) is 24.9 Å². The molecule has 1 amide bonds. The summed E-state index contributed by atoms with van der Waals surface area (Å²) in [7, 11) is 0. The number of nitrogens with one attached hydrogen (secondary N) is 1. The van der Waals surface area contributed by atoms with Crippen LogP contribution in [-0.2, 0) is 4.79 Å². The van der Waals surface area contributed by atoms with Crippen molar-refractivity contribution in [3.05, 3.63) is 35.6 Å². The first-order chi connectivity index (χ1) is 7.13. The molecule has 0 saturated carbocycles. The van der Waals surface area contributed by atoms with Crippen LogP contribution in [0.5, 0.6) is 0 Å². The van der Waals surface area contributed by atoms with Gasteiger partial charge in [-0.25, -0.2) is 4.39 Å². The van der Waals surface area contributed by atoms with Crippen LogP contribution >= 0.6 is 0 Å². The van der Waals surface area contributed by atoms with Gasteiger partial charge in [0.2, 0.25) is 5.91 Å². The van der Waals surface area contributed by atoms with Gasteiger partial charge in [-0.15, -0.1) is 0 Å². The van der Waals surface area contributed by atoms with Crippen LogP contribution in [0.4, 0.5) is 4.39 Å². The topological polar surface area (TPSA) is 52.9 Å². The Bertz CT molecular complexity index is 381. The molecule has 0 radical (unpaired) electrons. The highest BCUT2D eigenvalue weighted by atomic mass is 19.1. The number of carbonyl (C=O) groups excluding carboxylic acids is 1. The lowest BCUT2D eigenvalue weighted by atomic mass is 10.0. The molecule has 0 bridgehead atoms. The Kier molecular flexibility index (Phi) is 3.81. The van der Waals surface area contributed by atoms with Crippen LogP contribution in [0.2, 0.25) is 0 Å². The number of amides is 1. The Balaban J connectivity index is 2.84. The second kappa shape index (κ2) is 5.11. The molecule has 1 unspecified atom stereocenters. The minimum absolute atomic E-state index is 0.172. The van der Waals surface area contributed by atoms with Crippen molar-refractivity contribution in [1.82, 2.24) is 5.32 Å². The van der Waals surface area contributed by atoms with Gasteiger partial charge >= 0.3 is 0 Å². The molecular formula is C11H11FN2O. The molecule has 0 aliphatic heterocycles. The Labute approximate surface area is 87.5 Å². The number of hydrogen-bond donors (Lipinski definition) is 1. The Hall–Kier alpha value is -1.89. The van der Waals surface area contributed by atoms with E-state index in [-0.39, 0.29) is 24.2 Å². The fourth-order valence-corrected chi connectivity index (χ4v) is 1.28. The van der Waals surface area contributed by atoms with E-state index in [9.17, 15) is 9.18 Å². The average molecular weight is 206 g/mol. The number of benzene rings is 1. The van der Waals surface area contributed by atoms with Gasteiger partial charge in [0.1, 0.15) is 5.82 Å². The third-order valence-electron chi connectivity index (χ3n) is 1.95. The molecule has 4 heteroatoms. The van der Waals surface area contributed by atoms with Gasteiger partial charge in [-0.05, 0) is 17.7 Å². The Morgan fingerprint density at radius 2 is 2.13 bits per heavy atom. The summed E-state index contributed by atoms with van der Waals surface area (Å²) in [6.07, 6.45) is 0.172. The van der Waals surface area contributed by atoms with E-state index in [1.54, 1.807) is 12.1 Å². The van der Waals surface area contributed by atoms with E-state index in [0.29, 0.717) is 0 Å². The first kappa shape index (κ1) is 11.2. The molecule has 0 fully saturated rings. The number of rotatable bonds is 3. The highest BCUT2D eigenvalue weighted by Crippen LogP contribution is 2.16. The summed E-state index contributed by atoms with van der Waals surface area (Å²) in [4.78, 5) is 10.9. The molecule has 0 spiro atoms. The lowest BCUT2D eigenvalue weighted by Gasteiger charge is -2.14. The standard InChI is InChI=1S/C11H11FN2O/c1-8(15)14-11(6-7-13)9-2-4-10(12)5-3-9/h2-5,11H,6H2,1H3,(H,14,15). The quantitative estimate of drug-likeness (QED) is 0.821. The second-order valence-corrected chi connectivity index (χ2v) is 3.17. The van der Waals surface area contributed by atoms with E-state index in [1.165, 1.54) is 19.1 Å². The van der Waals surface area contributed by atoms with Crippen LogP contribution in [0, 0.1) is 17.1 Å². The van der Waals surface area contributed by atoms with Crippen LogP contribution in [-0.4, -0.2) is 5.91 Å². The van der Waals surface area contributed by atoms with Gasteiger partial charge in [0, 0.05) is 6.92 Å². The van der Waals surface area contributed by atoms with Crippen LogP contribution < -0.4 is 5.32 Å². The van der Waals surface area contributed by atoms with Gasteiger partial charge < -0.3 is 5.32 Å². The first-order valence-electron chi connectivity index (χ1n) is 4.53. The molecule has 1 aromatic rings. The molecule has 0 heterocycles. The van der Waals surface area contributed by atoms with E-state index in [2.05, 4.69) is 5.32 Å². The molecule has 1 aromatic carbocycles. The molecule has 1 atom stereocenters. The molecule has 0 aromatic heterocycles. The summed E-state index contributed by atoms with van der Waals surface area (Å²) in [6.45, 7) is 1.38. The summed E-state index contributed by atoms with van der Waals surface area (Å²) < 4.78 is 12.6. The van der Waals surface area contributed by atoms with E-state index >= 15 is 0 Å². The summed E-state index contributed by atoms with van der Waals surface area (Å²) in [5.41, 5.74) is 0.730. The third kappa shape index (κ3) is 3.39. The minimum Gasteiger partial charge on any atom is -0.348 e. The van der Waals surface area contributed by atoms with Crippen LogP contribution in [0.15, 0.2) is 24.3 Å². The summed E-state index contributed by atoms with van der Waals surface area (Å²) >= 11 is 0. The average Bonchev–Trinajstić information content (AvgIpc) is 2.17. The third-order valence-corrected chi connectivity index (χ3v) is 1.95. The number of carbonyl (C=O) groups is 1. The lowest BCUT2D eigenvalue weighted by molar-refractivity contribution is -0.119. The SMILES string of the molecule is CC(=O)NC(CC#N)c1ccc(F)cc1. The van der Waals surface area contributed by atoms with Crippen LogP contribution in [0.25, 0.3) is 0 Å². The van der Waals surface area contributed by atoms with Gasteiger partial charge in [-0.2, -0.15) is 5.26 Å². The van der Waals surface area contributed by atoms with E-state index < -0.39 is 0 Å². The molecule has 0 saturated heterocycles. The van der Waals surface area contributed by atoms with E-state index in [1.807, 2.05) is 6.07 Å². The monoisotopic (exact) mass is 206 g/mol. The predicted octanol–water partition coefficient (Wildman–Crippen LogP) is 1.92. The van der Waals surface area contributed by atoms with Gasteiger partial charge in [0.15, 0.2) is 0 Å². The molecule has 0 aliphatic carbocycles. The smallest absolute Gasteiger partial charge is 0.217 e. The van der Waals surface area contributed by atoms with Crippen LogP contribution in [0.3, 0.4) is 0 Å². The van der Waals surface area contributed by atoms with Crippen molar-refractivity contribution in [1.29, 1.82) is 5.26 Å². The van der Waals surface area contributed by atoms with Crippen molar-refractivity contribution in [2.45, 2.75) is 19.4 Å². The van der Waals surface area contributed by atoms with Gasteiger partial charge in [-0.1, -0.05) is 12.1 Å². The number of hydrogen-bond acceptors (Lipinski definition) is 2. The maximum atomic E-state index is 12.6. The molecule has 0 aliphatic rings. The molecular weight excluding hydrogens is 195 g/mol. The molecule has 78 valence electrons. The number of nitrogens with zero attached hydrogens (tertiary/aromatic N) is 1. The van der Waals surface area contributed by atoms with Crippen molar-refractivity contribution in [2.75, 3.05) is 0 Å². The minimum atomic E-state index is -0.368. The van der Waals surface area contributed by atoms with Crippen molar-refractivity contribution >= 4 is 5.91 Å². The van der Waals surface area contributed by atoms with Crippen molar-refractivity contribution < 1.29 is 9.18 Å². The molecule has 15 heavy (non-hydrogen) atoms. The number of halogens is 1. The molecule has 1 rings (SSSR count). The van der Waals surface area contributed by atoms with Crippen molar-refractivity contribution in [3.8, 4) is 6.07 Å². The first-order valence-corrected chi connectivity index (χ1v) is 4.53. The summed E-state index contributed by atoms with van der Waals surface area (Å²) in [5.74, 6) is -0.545. The second-order valence-electron chi connectivity index (χ2n) is 3.17. The number of nitriles is 1.